The summed E-state index contributed by atoms with van der Waals surface area (Å²) in [6.07, 6.45) is 0. The summed E-state index contributed by atoms with van der Waals surface area (Å²) in [5, 5.41) is 22.1. The number of rotatable bonds is 3. The fourth-order valence-electron chi connectivity index (χ4n) is 2.56. The van der Waals surface area contributed by atoms with Gasteiger partial charge in [0.25, 0.3) is 0 Å². The van der Waals surface area contributed by atoms with Crippen LogP contribution in [0.2, 0.25) is 5.15 Å². The van der Waals surface area contributed by atoms with Crippen LogP contribution in [-0.2, 0) is 6.54 Å². The third-order valence-corrected chi connectivity index (χ3v) is 4.04. The van der Waals surface area contributed by atoms with E-state index < -0.39 is 0 Å². The lowest BCUT2D eigenvalue weighted by Gasteiger charge is -2.09. The molecule has 0 aliphatic carbocycles. The fourth-order valence-corrected chi connectivity index (χ4v) is 2.75. The van der Waals surface area contributed by atoms with Gasteiger partial charge in [0, 0.05) is 17.3 Å². The number of nitrogens with one attached hydrogen (secondary N) is 1. The van der Waals surface area contributed by atoms with Crippen LogP contribution in [0.4, 0.5) is 5.82 Å². The Bertz CT molecular complexity index is 984. The van der Waals surface area contributed by atoms with E-state index >= 15 is 0 Å². The quantitative estimate of drug-likeness (QED) is 0.787. The van der Waals surface area contributed by atoms with E-state index in [1.165, 1.54) is 0 Å². The molecule has 1 N–H and O–H groups in total. The van der Waals surface area contributed by atoms with Crippen molar-refractivity contribution in [3.8, 4) is 17.6 Å². The number of benzene rings is 2. The van der Waals surface area contributed by atoms with Gasteiger partial charge in [0.1, 0.15) is 0 Å². The second-order valence-corrected chi connectivity index (χ2v) is 5.61. The van der Waals surface area contributed by atoms with Gasteiger partial charge < -0.3 is 14.8 Å². The minimum atomic E-state index is 0.251. The number of hydrogen-bond acceptors (Lipinski definition) is 6. The lowest BCUT2D eigenvalue weighted by atomic mass is 10.1. The first-order valence-electron chi connectivity index (χ1n) is 7.23. The second-order valence-electron chi connectivity index (χ2n) is 5.25. The largest absolute Gasteiger partial charge is 0.454 e. The molecule has 0 unspecified atom stereocenters. The number of fused-ring (bicyclic) bond motifs is 2. The standard InChI is InChI=1S/C17H11ClN4O2/c18-16-13-5-10(7-19)1-3-12(13)17(22-21-16)20-8-11-2-4-14-15(6-11)24-9-23-14/h1-6H,8-9H2,(H,20,22). The summed E-state index contributed by atoms with van der Waals surface area (Å²) in [6, 6.07) is 13.1. The number of ether oxygens (including phenoxy) is 2. The van der Waals surface area contributed by atoms with Gasteiger partial charge in [-0.25, -0.2) is 0 Å². The van der Waals surface area contributed by atoms with Crippen LogP contribution < -0.4 is 14.8 Å². The fraction of sp³-hybridized carbons (Fsp3) is 0.118. The molecule has 0 amide bonds. The highest BCUT2D eigenvalue weighted by atomic mass is 35.5. The summed E-state index contributed by atoms with van der Waals surface area (Å²) in [5.41, 5.74) is 1.55. The van der Waals surface area contributed by atoms with Crippen molar-refractivity contribution in [2.24, 2.45) is 0 Å². The third kappa shape index (κ3) is 2.55. The highest BCUT2D eigenvalue weighted by Crippen LogP contribution is 2.33. The number of anilines is 1. The van der Waals surface area contributed by atoms with Gasteiger partial charge in [0.05, 0.1) is 11.6 Å². The summed E-state index contributed by atoms with van der Waals surface area (Å²) >= 11 is 6.10. The minimum absolute atomic E-state index is 0.251. The van der Waals surface area contributed by atoms with Crippen LogP contribution in [0.25, 0.3) is 10.8 Å². The Morgan fingerprint density at radius 1 is 1.08 bits per heavy atom. The Morgan fingerprint density at radius 2 is 1.96 bits per heavy atom. The van der Waals surface area contributed by atoms with Gasteiger partial charge in [-0.05, 0) is 35.9 Å². The zero-order valence-electron chi connectivity index (χ0n) is 12.4. The summed E-state index contributed by atoms with van der Waals surface area (Å²) in [6.45, 7) is 0.794. The van der Waals surface area contributed by atoms with Gasteiger partial charge in [-0.15, -0.1) is 10.2 Å². The molecule has 1 aliphatic rings. The van der Waals surface area contributed by atoms with Crippen LogP contribution in [0, 0.1) is 11.3 Å². The minimum Gasteiger partial charge on any atom is -0.454 e. The molecular weight excluding hydrogens is 328 g/mol. The van der Waals surface area contributed by atoms with Crippen molar-refractivity contribution >= 4 is 28.2 Å². The molecule has 1 aromatic heterocycles. The van der Waals surface area contributed by atoms with Crippen molar-refractivity contribution in [2.75, 3.05) is 12.1 Å². The topological polar surface area (TPSA) is 80.1 Å². The van der Waals surface area contributed by atoms with E-state index in [9.17, 15) is 0 Å². The first kappa shape index (κ1) is 14.5. The van der Waals surface area contributed by atoms with Gasteiger partial charge in [0.2, 0.25) is 6.79 Å². The van der Waals surface area contributed by atoms with Crippen molar-refractivity contribution < 1.29 is 9.47 Å². The number of aromatic nitrogens is 2. The first-order chi connectivity index (χ1) is 11.7. The van der Waals surface area contributed by atoms with E-state index in [1.807, 2.05) is 24.3 Å². The molecule has 1 aliphatic heterocycles. The van der Waals surface area contributed by atoms with Crippen molar-refractivity contribution in [3.63, 3.8) is 0 Å². The Morgan fingerprint density at radius 3 is 2.83 bits per heavy atom. The van der Waals surface area contributed by atoms with Gasteiger partial charge in [-0.3, -0.25) is 0 Å². The normalized spacial score (nSPS) is 12.2. The molecular formula is C17H11ClN4O2. The Balaban J connectivity index is 1.63. The molecule has 0 atom stereocenters. The average Bonchev–Trinajstić information content (AvgIpc) is 3.09. The van der Waals surface area contributed by atoms with Crippen LogP contribution in [0.5, 0.6) is 11.5 Å². The molecule has 0 spiro atoms. The second kappa shape index (κ2) is 5.87. The van der Waals surface area contributed by atoms with E-state index in [0.717, 1.165) is 22.4 Å². The molecule has 2 heterocycles. The van der Waals surface area contributed by atoms with Gasteiger partial charge in [-0.1, -0.05) is 17.7 Å². The van der Waals surface area contributed by atoms with Crippen molar-refractivity contribution in [1.82, 2.24) is 10.2 Å². The van der Waals surface area contributed by atoms with Crippen LogP contribution in [0.3, 0.4) is 0 Å². The first-order valence-corrected chi connectivity index (χ1v) is 7.61. The molecule has 24 heavy (non-hydrogen) atoms. The summed E-state index contributed by atoms with van der Waals surface area (Å²) in [4.78, 5) is 0. The average molecular weight is 339 g/mol. The lowest BCUT2D eigenvalue weighted by molar-refractivity contribution is 0.174. The number of nitrogens with zero attached hydrogens (tertiary/aromatic N) is 3. The molecule has 0 fully saturated rings. The molecule has 4 rings (SSSR count). The Hall–Kier alpha value is -3.04. The van der Waals surface area contributed by atoms with E-state index in [4.69, 9.17) is 26.3 Å². The molecule has 7 heteroatoms. The Kier molecular flexibility index (Phi) is 3.56. The number of hydrogen-bond donors (Lipinski definition) is 1. The maximum atomic E-state index is 9.02. The monoisotopic (exact) mass is 338 g/mol. The van der Waals surface area contributed by atoms with E-state index in [2.05, 4.69) is 21.6 Å². The molecule has 0 radical (unpaired) electrons. The smallest absolute Gasteiger partial charge is 0.231 e. The predicted octanol–water partition coefficient (Wildman–Crippen LogP) is 3.50. The highest BCUT2D eigenvalue weighted by molar-refractivity contribution is 6.34. The maximum Gasteiger partial charge on any atom is 0.231 e. The summed E-state index contributed by atoms with van der Waals surface area (Å²) in [7, 11) is 0. The van der Waals surface area contributed by atoms with Crippen molar-refractivity contribution in [1.29, 1.82) is 5.26 Å². The summed E-state index contributed by atoms with van der Waals surface area (Å²) in [5.74, 6) is 2.09. The van der Waals surface area contributed by atoms with Crippen LogP contribution in [0.15, 0.2) is 36.4 Å². The molecule has 118 valence electrons. The third-order valence-electron chi connectivity index (χ3n) is 3.76. The van der Waals surface area contributed by atoms with Gasteiger partial charge in [-0.2, -0.15) is 5.26 Å². The van der Waals surface area contributed by atoms with Crippen LogP contribution >= 0.6 is 11.6 Å². The molecule has 0 saturated heterocycles. The summed E-state index contributed by atoms with van der Waals surface area (Å²) < 4.78 is 10.7. The van der Waals surface area contributed by atoms with E-state index in [1.54, 1.807) is 12.1 Å². The molecule has 2 aromatic carbocycles. The maximum absolute atomic E-state index is 9.02. The van der Waals surface area contributed by atoms with Gasteiger partial charge >= 0.3 is 0 Å². The van der Waals surface area contributed by atoms with Crippen LogP contribution in [0.1, 0.15) is 11.1 Å². The van der Waals surface area contributed by atoms with Crippen molar-refractivity contribution in [2.45, 2.75) is 6.54 Å². The van der Waals surface area contributed by atoms with E-state index in [-0.39, 0.29) is 11.9 Å². The van der Waals surface area contributed by atoms with E-state index in [0.29, 0.717) is 23.3 Å². The SMILES string of the molecule is N#Cc1ccc2c(NCc3ccc4c(c3)OCO4)nnc(Cl)c2c1. The molecule has 6 nitrogen and oxygen atoms in total. The zero-order chi connectivity index (χ0) is 16.5. The number of nitriles is 1. The number of halogens is 1. The van der Waals surface area contributed by atoms with Crippen LogP contribution in [-0.4, -0.2) is 17.0 Å². The van der Waals surface area contributed by atoms with Gasteiger partial charge in [0.15, 0.2) is 22.5 Å². The molecule has 0 saturated carbocycles. The lowest BCUT2D eigenvalue weighted by Crippen LogP contribution is -2.03. The highest BCUT2D eigenvalue weighted by Gasteiger charge is 2.14. The molecule has 3 aromatic rings. The Labute approximate surface area is 142 Å². The molecule has 0 bridgehead atoms. The van der Waals surface area contributed by atoms with Crippen molar-refractivity contribution in [3.05, 3.63) is 52.7 Å². The predicted molar refractivity (Wildman–Crippen MR) is 89.2 cm³/mol. The zero-order valence-corrected chi connectivity index (χ0v) is 13.2.